The van der Waals surface area contributed by atoms with Gasteiger partial charge in [-0.15, -0.1) is 0 Å². The zero-order chi connectivity index (χ0) is 16.7. The summed E-state index contributed by atoms with van der Waals surface area (Å²) >= 11 is 0. The fourth-order valence-corrected chi connectivity index (χ4v) is 1.55. The molecule has 0 saturated heterocycles. The molecular formula is C18H31N3. The van der Waals surface area contributed by atoms with Gasteiger partial charge in [-0.25, -0.2) is 4.99 Å². The Labute approximate surface area is 130 Å². The van der Waals surface area contributed by atoms with Gasteiger partial charge in [-0.05, 0) is 19.9 Å². The van der Waals surface area contributed by atoms with Crippen molar-refractivity contribution in [3.05, 3.63) is 60.3 Å². The highest BCUT2D eigenvalue weighted by Gasteiger charge is 2.13. The molecule has 0 aromatic heterocycles. The van der Waals surface area contributed by atoms with Crippen LogP contribution in [0.2, 0.25) is 0 Å². The second-order valence-corrected chi connectivity index (χ2v) is 3.46. The van der Waals surface area contributed by atoms with Gasteiger partial charge in [0.1, 0.15) is 5.82 Å². The molecule has 3 nitrogen and oxygen atoms in total. The predicted octanol–water partition coefficient (Wildman–Crippen LogP) is 4.69. The Morgan fingerprint density at radius 2 is 1.67 bits per heavy atom. The monoisotopic (exact) mass is 289 g/mol. The third-order valence-electron chi connectivity index (χ3n) is 2.39. The number of rotatable bonds is 3. The summed E-state index contributed by atoms with van der Waals surface area (Å²) in [5.74, 6) is 0.829. The number of hydrogen-bond acceptors (Lipinski definition) is 3. The lowest BCUT2D eigenvalue weighted by Crippen LogP contribution is -2.18. The second-order valence-electron chi connectivity index (χ2n) is 3.46. The Hall–Kier alpha value is -2.03. The Morgan fingerprint density at radius 1 is 1.05 bits per heavy atom. The molecule has 3 heteroatoms. The standard InChI is InChI=1S/C14H19N3.2C2H6/c1-5-9-13-12(7-3)17-14(15-8-4)11(6-2)10-16-13;2*1-2/h5-9,16-17H,1-2,10H2,3-4H3;2*1-2H3/b12-7+,13-9+,15-8-;;. The molecule has 0 bridgehead atoms. The zero-order valence-corrected chi connectivity index (χ0v) is 14.5. The van der Waals surface area contributed by atoms with Gasteiger partial charge in [0.2, 0.25) is 0 Å². The molecule has 0 unspecified atom stereocenters. The van der Waals surface area contributed by atoms with Crippen LogP contribution in [0.4, 0.5) is 0 Å². The zero-order valence-electron chi connectivity index (χ0n) is 14.5. The van der Waals surface area contributed by atoms with Gasteiger partial charge in [0.05, 0.1) is 11.4 Å². The van der Waals surface area contributed by atoms with Crippen molar-refractivity contribution in [2.75, 3.05) is 6.54 Å². The topological polar surface area (TPSA) is 36.4 Å². The van der Waals surface area contributed by atoms with Crippen LogP contribution in [0.25, 0.3) is 0 Å². The van der Waals surface area contributed by atoms with Crippen molar-refractivity contribution >= 4 is 6.21 Å². The minimum Gasteiger partial charge on any atom is -0.379 e. The molecule has 1 aliphatic heterocycles. The average molecular weight is 289 g/mol. The molecule has 2 N–H and O–H groups in total. The largest absolute Gasteiger partial charge is 0.379 e. The molecule has 21 heavy (non-hydrogen) atoms. The Kier molecular flexibility index (Phi) is 14.6. The lowest BCUT2D eigenvalue weighted by molar-refractivity contribution is 0.891. The third-order valence-corrected chi connectivity index (χ3v) is 2.39. The summed E-state index contributed by atoms with van der Waals surface area (Å²) in [6.45, 7) is 20.1. The van der Waals surface area contributed by atoms with E-state index in [1.165, 1.54) is 0 Å². The van der Waals surface area contributed by atoms with Crippen LogP contribution >= 0.6 is 0 Å². The Bertz CT molecular complexity index is 424. The van der Waals surface area contributed by atoms with Crippen molar-refractivity contribution in [2.45, 2.75) is 41.5 Å². The van der Waals surface area contributed by atoms with Gasteiger partial charge in [0.25, 0.3) is 0 Å². The van der Waals surface area contributed by atoms with Crippen LogP contribution in [0.5, 0.6) is 0 Å². The summed E-state index contributed by atoms with van der Waals surface area (Å²) in [4.78, 5) is 4.33. The van der Waals surface area contributed by atoms with Gasteiger partial charge in [-0.1, -0.05) is 59.1 Å². The van der Waals surface area contributed by atoms with Crippen molar-refractivity contribution in [1.82, 2.24) is 10.6 Å². The summed E-state index contributed by atoms with van der Waals surface area (Å²) in [6, 6.07) is 0. The normalized spacial score (nSPS) is 17.8. The molecule has 0 spiro atoms. The van der Waals surface area contributed by atoms with Gasteiger partial charge < -0.3 is 10.6 Å². The SMILES string of the molecule is C=C/C=C1/NCC(C=C)=C(/N=C\C)N/C1=C/C.CC.CC. The molecule has 0 saturated carbocycles. The molecule has 1 aliphatic rings. The molecule has 0 amide bonds. The average Bonchev–Trinajstić information content (AvgIpc) is 2.71. The van der Waals surface area contributed by atoms with Crippen LogP contribution in [0.1, 0.15) is 41.5 Å². The Balaban J connectivity index is 0. The van der Waals surface area contributed by atoms with Crippen LogP contribution in [0.3, 0.4) is 0 Å². The highest BCUT2D eigenvalue weighted by atomic mass is 15.1. The molecular weight excluding hydrogens is 258 g/mol. The summed E-state index contributed by atoms with van der Waals surface area (Å²) in [7, 11) is 0. The van der Waals surface area contributed by atoms with Crippen molar-refractivity contribution < 1.29 is 0 Å². The Morgan fingerprint density at radius 3 is 2.10 bits per heavy atom. The van der Waals surface area contributed by atoms with E-state index in [0.717, 1.165) is 22.8 Å². The summed E-state index contributed by atoms with van der Waals surface area (Å²) in [6.07, 6.45) is 9.27. The smallest absolute Gasteiger partial charge is 0.134 e. The van der Waals surface area contributed by atoms with E-state index in [1.54, 1.807) is 12.3 Å². The first-order valence-electron chi connectivity index (χ1n) is 7.61. The van der Waals surface area contributed by atoms with Crippen molar-refractivity contribution in [3.63, 3.8) is 0 Å². The highest BCUT2D eigenvalue weighted by molar-refractivity contribution is 5.56. The minimum absolute atomic E-state index is 0.695. The van der Waals surface area contributed by atoms with Gasteiger partial charge >= 0.3 is 0 Å². The first-order valence-corrected chi connectivity index (χ1v) is 7.61. The van der Waals surface area contributed by atoms with E-state index in [9.17, 15) is 0 Å². The number of hydrogen-bond donors (Lipinski definition) is 2. The maximum atomic E-state index is 4.33. The van der Waals surface area contributed by atoms with Crippen LogP contribution in [-0.4, -0.2) is 12.8 Å². The molecule has 118 valence electrons. The van der Waals surface area contributed by atoms with Crippen molar-refractivity contribution in [3.8, 4) is 0 Å². The van der Waals surface area contributed by atoms with Crippen LogP contribution in [0, 0.1) is 0 Å². The minimum atomic E-state index is 0.695. The molecule has 1 heterocycles. The third kappa shape index (κ3) is 7.35. The summed E-state index contributed by atoms with van der Waals surface area (Å²) in [5.41, 5.74) is 3.03. The van der Waals surface area contributed by atoms with Crippen molar-refractivity contribution in [1.29, 1.82) is 0 Å². The van der Waals surface area contributed by atoms with Gasteiger partial charge in [-0.3, -0.25) is 0 Å². The number of allylic oxidation sites excluding steroid dienone is 3. The van der Waals surface area contributed by atoms with Crippen LogP contribution in [-0.2, 0) is 0 Å². The second kappa shape index (κ2) is 14.4. The maximum absolute atomic E-state index is 4.33. The van der Waals surface area contributed by atoms with Crippen LogP contribution < -0.4 is 10.6 Å². The summed E-state index contributed by atoms with van der Waals surface area (Å²) < 4.78 is 0. The van der Waals surface area contributed by atoms with Gasteiger partial charge in [0.15, 0.2) is 0 Å². The molecule has 1 rings (SSSR count). The highest BCUT2D eigenvalue weighted by Crippen LogP contribution is 2.15. The molecule has 0 fully saturated rings. The molecule has 0 radical (unpaired) electrons. The predicted molar refractivity (Wildman–Crippen MR) is 97.3 cm³/mol. The lowest BCUT2D eigenvalue weighted by Gasteiger charge is -2.10. The van der Waals surface area contributed by atoms with Crippen LogP contribution in [0.15, 0.2) is 65.2 Å². The van der Waals surface area contributed by atoms with Gasteiger partial charge in [0, 0.05) is 18.3 Å². The molecule has 0 aliphatic carbocycles. The van der Waals surface area contributed by atoms with E-state index in [4.69, 9.17) is 0 Å². The summed E-state index contributed by atoms with van der Waals surface area (Å²) in [5, 5.41) is 6.62. The fourth-order valence-electron chi connectivity index (χ4n) is 1.55. The number of aliphatic imine (C=N–C) groups is 1. The number of nitrogens with zero attached hydrogens (tertiary/aromatic N) is 1. The van der Waals surface area contributed by atoms with E-state index in [2.05, 4.69) is 28.8 Å². The first-order chi connectivity index (χ1) is 10.3. The maximum Gasteiger partial charge on any atom is 0.134 e. The number of nitrogens with one attached hydrogen (secondary N) is 2. The van der Waals surface area contributed by atoms with E-state index < -0.39 is 0 Å². The quantitative estimate of drug-likeness (QED) is 0.739. The molecule has 0 aromatic rings. The van der Waals surface area contributed by atoms with E-state index in [0.29, 0.717) is 6.54 Å². The van der Waals surface area contributed by atoms with E-state index >= 15 is 0 Å². The van der Waals surface area contributed by atoms with E-state index in [1.807, 2.05) is 59.8 Å². The first kappa shape index (κ1) is 21.3. The molecule has 0 aromatic carbocycles. The lowest BCUT2D eigenvalue weighted by atomic mass is 10.2. The van der Waals surface area contributed by atoms with E-state index in [-0.39, 0.29) is 0 Å². The van der Waals surface area contributed by atoms with Gasteiger partial charge in [-0.2, -0.15) is 0 Å². The molecule has 0 atom stereocenters. The fraction of sp³-hybridized carbons (Fsp3) is 0.389. The van der Waals surface area contributed by atoms with Crippen molar-refractivity contribution in [2.24, 2.45) is 4.99 Å².